The Morgan fingerprint density at radius 2 is 2.21 bits per heavy atom. The zero-order valence-corrected chi connectivity index (χ0v) is 7.33. The van der Waals surface area contributed by atoms with Crippen LogP contribution in [0.25, 0.3) is 11.1 Å². The molecule has 0 radical (unpaired) electrons. The maximum atomic E-state index is 11.8. The molecule has 0 spiro atoms. The van der Waals surface area contributed by atoms with Crippen molar-refractivity contribution in [2.24, 2.45) is 0 Å². The van der Waals surface area contributed by atoms with Crippen LogP contribution in [0.2, 0.25) is 0 Å². The molecule has 5 heteroatoms. The Morgan fingerprint density at radius 3 is 2.86 bits per heavy atom. The summed E-state index contributed by atoms with van der Waals surface area (Å²) in [4.78, 5) is 3.78. The third-order valence-corrected chi connectivity index (χ3v) is 1.79. The number of nitrogens with zero attached hydrogens (tertiary/aromatic N) is 1. The van der Waals surface area contributed by atoms with E-state index >= 15 is 0 Å². The Kier molecular flexibility index (Phi) is 2.07. The highest BCUT2D eigenvalue weighted by atomic mass is 19.3. The van der Waals surface area contributed by atoms with Gasteiger partial charge < -0.3 is 9.15 Å². The molecule has 14 heavy (non-hydrogen) atoms. The SMILES string of the molecule is Cc1cccc2oc(OC(F)F)nc12. The predicted octanol–water partition coefficient (Wildman–Crippen LogP) is 2.74. The number of rotatable bonds is 2. The first-order valence-electron chi connectivity index (χ1n) is 3.98. The van der Waals surface area contributed by atoms with Crippen LogP contribution < -0.4 is 4.74 Å². The van der Waals surface area contributed by atoms with Crippen molar-refractivity contribution in [3.63, 3.8) is 0 Å². The minimum Gasteiger partial charge on any atom is -0.409 e. The van der Waals surface area contributed by atoms with Crippen LogP contribution in [-0.2, 0) is 0 Å². The van der Waals surface area contributed by atoms with Gasteiger partial charge in [-0.1, -0.05) is 12.1 Å². The quantitative estimate of drug-likeness (QED) is 0.745. The van der Waals surface area contributed by atoms with E-state index in [2.05, 4.69) is 9.72 Å². The lowest BCUT2D eigenvalue weighted by Gasteiger charge is -1.94. The van der Waals surface area contributed by atoms with Crippen molar-refractivity contribution < 1.29 is 17.9 Å². The number of aryl methyl sites for hydroxylation is 1. The largest absolute Gasteiger partial charge is 0.409 e. The van der Waals surface area contributed by atoms with Gasteiger partial charge in [-0.05, 0) is 18.6 Å². The molecule has 1 aromatic heterocycles. The van der Waals surface area contributed by atoms with Crippen LogP contribution in [0, 0.1) is 6.92 Å². The van der Waals surface area contributed by atoms with Crippen LogP contribution in [0.15, 0.2) is 22.6 Å². The minimum atomic E-state index is -2.91. The van der Waals surface area contributed by atoms with Crippen LogP contribution in [0.1, 0.15) is 5.56 Å². The van der Waals surface area contributed by atoms with Gasteiger partial charge in [0.25, 0.3) is 0 Å². The Morgan fingerprint density at radius 1 is 1.43 bits per heavy atom. The fraction of sp³-hybridized carbons (Fsp3) is 0.222. The Hall–Kier alpha value is -1.65. The third kappa shape index (κ3) is 1.53. The van der Waals surface area contributed by atoms with Crippen molar-refractivity contribution in [2.45, 2.75) is 13.5 Å². The molecule has 0 fully saturated rings. The second kappa shape index (κ2) is 3.25. The average Bonchev–Trinajstić information content (AvgIpc) is 2.47. The molecule has 0 saturated heterocycles. The second-order valence-electron chi connectivity index (χ2n) is 2.78. The van der Waals surface area contributed by atoms with E-state index in [1.165, 1.54) is 0 Å². The molecule has 1 heterocycles. The molecule has 0 aliphatic rings. The topological polar surface area (TPSA) is 35.3 Å². The summed E-state index contributed by atoms with van der Waals surface area (Å²) in [6, 6.07) is 5.22. The van der Waals surface area contributed by atoms with E-state index in [0.717, 1.165) is 5.56 Å². The van der Waals surface area contributed by atoms with Gasteiger partial charge in [0.2, 0.25) is 0 Å². The number of halogens is 2. The van der Waals surface area contributed by atoms with Crippen LogP contribution in [0.3, 0.4) is 0 Å². The van der Waals surface area contributed by atoms with Gasteiger partial charge in [-0.25, -0.2) is 0 Å². The minimum absolute atomic E-state index is 0.399. The molecule has 0 amide bonds. The summed E-state index contributed by atoms with van der Waals surface area (Å²) in [7, 11) is 0. The summed E-state index contributed by atoms with van der Waals surface area (Å²) < 4.78 is 32.6. The van der Waals surface area contributed by atoms with E-state index < -0.39 is 12.7 Å². The standard InChI is InChI=1S/C9H7F2NO2/c1-5-3-2-4-6-7(5)12-9(13-6)14-8(10)11/h2-4,8H,1H3. The molecule has 1 aromatic carbocycles. The van der Waals surface area contributed by atoms with E-state index in [1.54, 1.807) is 12.1 Å². The highest BCUT2D eigenvalue weighted by Gasteiger charge is 2.12. The first-order valence-corrected chi connectivity index (χ1v) is 3.98. The Bertz CT molecular complexity index is 453. The number of alkyl halides is 2. The molecule has 0 saturated carbocycles. The molecule has 0 aliphatic heterocycles. The van der Waals surface area contributed by atoms with Crippen LogP contribution in [-0.4, -0.2) is 11.6 Å². The average molecular weight is 199 g/mol. The van der Waals surface area contributed by atoms with E-state index in [1.807, 2.05) is 13.0 Å². The number of fused-ring (bicyclic) bond motifs is 1. The lowest BCUT2D eigenvalue weighted by molar-refractivity contribution is -0.0664. The second-order valence-corrected chi connectivity index (χ2v) is 2.78. The van der Waals surface area contributed by atoms with Crippen LogP contribution in [0.5, 0.6) is 6.08 Å². The summed E-state index contributed by atoms with van der Waals surface area (Å²) in [6.07, 6.45) is -0.399. The predicted molar refractivity (Wildman–Crippen MR) is 45.4 cm³/mol. The van der Waals surface area contributed by atoms with Crippen molar-refractivity contribution in [3.05, 3.63) is 23.8 Å². The number of para-hydroxylation sites is 1. The zero-order chi connectivity index (χ0) is 10.1. The first kappa shape index (κ1) is 8.93. The van der Waals surface area contributed by atoms with Crippen LogP contribution in [0.4, 0.5) is 8.78 Å². The third-order valence-electron chi connectivity index (χ3n) is 1.79. The molecular formula is C9H7F2NO2. The van der Waals surface area contributed by atoms with Gasteiger partial charge in [-0.15, -0.1) is 0 Å². The monoisotopic (exact) mass is 199 g/mol. The molecule has 74 valence electrons. The van der Waals surface area contributed by atoms with Gasteiger partial charge in [0.1, 0.15) is 5.52 Å². The normalized spacial score (nSPS) is 11.1. The molecule has 0 unspecified atom stereocenters. The molecule has 0 bridgehead atoms. The molecular weight excluding hydrogens is 192 g/mol. The van der Waals surface area contributed by atoms with Gasteiger partial charge >= 0.3 is 12.7 Å². The molecule has 0 atom stereocenters. The lowest BCUT2D eigenvalue weighted by Crippen LogP contribution is -2.01. The molecule has 2 rings (SSSR count). The molecule has 0 N–H and O–H groups in total. The highest BCUT2D eigenvalue weighted by molar-refractivity contribution is 5.76. The van der Waals surface area contributed by atoms with E-state index in [0.29, 0.717) is 11.1 Å². The van der Waals surface area contributed by atoms with Crippen molar-refractivity contribution in [3.8, 4) is 6.08 Å². The summed E-state index contributed by atoms with van der Waals surface area (Å²) >= 11 is 0. The number of ether oxygens (including phenoxy) is 1. The van der Waals surface area contributed by atoms with Gasteiger partial charge in [-0.2, -0.15) is 13.8 Å². The van der Waals surface area contributed by atoms with Crippen molar-refractivity contribution in [1.82, 2.24) is 4.98 Å². The summed E-state index contributed by atoms with van der Waals surface area (Å²) in [5.74, 6) is 0. The molecule has 2 aromatic rings. The summed E-state index contributed by atoms with van der Waals surface area (Å²) in [5.41, 5.74) is 1.85. The Balaban J connectivity index is 2.46. The lowest BCUT2D eigenvalue weighted by atomic mass is 10.2. The zero-order valence-electron chi connectivity index (χ0n) is 7.33. The smallest absolute Gasteiger partial charge is 0.399 e. The first-order chi connectivity index (χ1) is 6.66. The number of hydrogen-bond donors (Lipinski definition) is 0. The highest BCUT2D eigenvalue weighted by Crippen LogP contribution is 2.23. The molecule has 3 nitrogen and oxygen atoms in total. The van der Waals surface area contributed by atoms with Crippen LogP contribution >= 0.6 is 0 Å². The summed E-state index contributed by atoms with van der Waals surface area (Å²) in [5, 5.41) is 0. The maximum Gasteiger partial charge on any atom is 0.399 e. The van der Waals surface area contributed by atoms with Gasteiger partial charge in [0.05, 0.1) is 0 Å². The maximum absolute atomic E-state index is 11.8. The van der Waals surface area contributed by atoms with Gasteiger partial charge in [-0.3, -0.25) is 0 Å². The van der Waals surface area contributed by atoms with Crippen molar-refractivity contribution in [1.29, 1.82) is 0 Å². The van der Waals surface area contributed by atoms with E-state index in [-0.39, 0.29) is 0 Å². The van der Waals surface area contributed by atoms with Gasteiger partial charge in [0, 0.05) is 0 Å². The van der Waals surface area contributed by atoms with E-state index in [9.17, 15) is 8.78 Å². The number of oxazole rings is 1. The number of hydrogen-bond acceptors (Lipinski definition) is 3. The van der Waals surface area contributed by atoms with Crippen molar-refractivity contribution >= 4 is 11.1 Å². The fourth-order valence-corrected chi connectivity index (χ4v) is 1.19. The summed E-state index contributed by atoms with van der Waals surface area (Å²) in [6.45, 7) is -1.10. The Labute approximate surface area is 78.3 Å². The fourth-order valence-electron chi connectivity index (χ4n) is 1.19. The number of benzene rings is 1. The van der Waals surface area contributed by atoms with Gasteiger partial charge in [0.15, 0.2) is 5.58 Å². The van der Waals surface area contributed by atoms with E-state index in [4.69, 9.17) is 4.42 Å². The van der Waals surface area contributed by atoms with Crippen molar-refractivity contribution in [2.75, 3.05) is 0 Å². The number of aromatic nitrogens is 1. The molecule has 0 aliphatic carbocycles.